The van der Waals surface area contributed by atoms with Crippen LogP contribution in [0.15, 0.2) is 0 Å². The Hall–Kier alpha value is 0.230. The SMILES string of the molecule is CC1CCP(C)(=O)C1. The molecule has 48 valence electrons. The highest BCUT2D eigenvalue weighted by molar-refractivity contribution is 7.63. The molecule has 0 radical (unpaired) electrons. The van der Waals surface area contributed by atoms with Crippen LogP contribution in [0, 0.1) is 5.92 Å². The predicted molar refractivity (Wildman–Crippen MR) is 37.0 cm³/mol. The van der Waals surface area contributed by atoms with Crippen molar-refractivity contribution in [3.05, 3.63) is 0 Å². The predicted octanol–water partition coefficient (Wildman–Crippen LogP) is 2.02. The number of hydrogen-bond donors (Lipinski definition) is 0. The smallest absolute Gasteiger partial charge is 0.0851 e. The fourth-order valence-electron chi connectivity index (χ4n) is 1.34. The molecular weight excluding hydrogens is 119 g/mol. The van der Waals surface area contributed by atoms with Gasteiger partial charge in [0.1, 0.15) is 0 Å². The fraction of sp³-hybridized carbons (Fsp3) is 1.00. The highest BCUT2D eigenvalue weighted by atomic mass is 31.2. The Morgan fingerprint density at radius 1 is 1.62 bits per heavy atom. The molecule has 0 amide bonds. The quantitative estimate of drug-likeness (QED) is 0.461. The van der Waals surface area contributed by atoms with Crippen molar-refractivity contribution in [2.45, 2.75) is 13.3 Å². The van der Waals surface area contributed by atoms with E-state index in [-0.39, 0.29) is 0 Å². The van der Waals surface area contributed by atoms with E-state index in [4.69, 9.17) is 0 Å². The second-order valence-corrected chi connectivity index (χ2v) is 6.50. The van der Waals surface area contributed by atoms with E-state index in [1.807, 2.05) is 6.66 Å². The zero-order valence-corrected chi connectivity index (χ0v) is 6.45. The van der Waals surface area contributed by atoms with Gasteiger partial charge in [0.2, 0.25) is 0 Å². The van der Waals surface area contributed by atoms with Crippen LogP contribution in [0.5, 0.6) is 0 Å². The standard InChI is InChI=1S/C6H13OP/c1-6-3-4-8(2,7)5-6/h6H,3-5H2,1-2H3. The Morgan fingerprint density at radius 3 is 2.38 bits per heavy atom. The summed E-state index contributed by atoms with van der Waals surface area (Å²) in [6.07, 6.45) is 3.18. The minimum absolute atomic E-state index is 0.728. The first-order chi connectivity index (χ1) is 3.60. The van der Waals surface area contributed by atoms with Crippen molar-refractivity contribution in [1.82, 2.24) is 0 Å². The van der Waals surface area contributed by atoms with Gasteiger partial charge in [-0.1, -0.05) is 6.92 Å². The molecule has 2 atom stereocenters. The van der Waals surface area contributed by atoms with Crippen molar-refractivity contribution >= 4 is 7.14 Å². The van der Waals surface area contributed by atoms with E-state index in [0.717, 1.165) is 18.2 Å². The van der Waals surface area contributed by atoms with Gasteiger partial charge in [0, 0.05) is 12.3 Å². The van der Waals surface area contributed by atoms with Crippen LogP contribution in [0.2, 0.25) is 0 Å². The molecule has 2 unspecified atom stereocenters. The van der Waals surface area contributed by atoms with Crippen LogP contribution in [0.3, 0.4) is 0 Å². The normalized spacial score (nSPS) is 47.5. The average Bonchev–Trinajstić information content (AvgIpc) is 1.82. The van der Waals surface area contributed by atoms with Crippen molar-refractivity contribution < 1.29 is 4.57 Å². The fourth-order valence-corrected chi connectivity index (χ4v) is 4.01. The minimum atomic E-state index is -1.60. The first-order valence-corrected chi connectivity index (χ1v) is 5.68. The zero-order chi connectivity index (χ0) is 6.20. The lowest BCUT2D eigenvalue weighted by molar-refractivity contribution is 0.581. The van der Waals surface area contributed by atoms with E-state index in [1.165, 1.54) is 6.42 Å². The third kappa shape index (κ3) is 1.35. The molecule has 1 fully saturated rings. The highest BCUT2D eigenvalue weighted by Gasteiger charge is 2.26. The van der Waals surface area contributed by atoms with Crippen LogP contribution < -0.4 is 0 Å². The average molecular weight is 132 g/mol. The number of rotatable bonds is 0. The third-order valence-electron chi connectivity index (χ3n) is 1.79. The molecule has 0 aromatic heterocycles. The zero-order valence-electron chi connectivity index (χ0n) is 5.55. The lowest BCUT2D eigenvalue weighted by atomic mass is 10.2. The van der Waals surface area contributed by atoms with E-state index in [0.29, 0.717) is 0 Å². The topological polar surface area (TPSA) is 17.1 Å². The van der Waals surface area contributed by atoms with Crippen LogP contribution in [-0.4, -0.2) is 19.0 Å². The van der Waals surface area contributed by atoms with Crippen molar-refractivity contribution in [2.75, 3.05) is 19.0 Å². The van der Waals surface area contributed by atoms with Crippen LogP contribution in [-0.2, 0) is 4.57 Å². The highest BCUT2D eigenvalue weighted by Crippen LogP contribution is 2.50. The van der Waals surface area contributed by atoms with Crippen LogP contribution in [0.4, 0.5) is 0 Å². The molecule has 1 rings (SSSR count). The molecule has 8 heavy (non-hydrogen) atoms. The van der Waals surface area contributed by atoms with Gasteiger partial charge in [-0.15, -0.1) is 0 Å². The maximum Gasteiger partial charge on any atom is 0.0851 e. The first kappa shape index (κ1) is 6.35. The molecule has 0 aromatic rings. The Labute approximate surface area is 50.8 Å². The summed E-state index contributed by atoms with van der Waals surface area (Å²) in [4.78, 5) is 0. The summed E-state index contributed by atoms with van der Waals surface area (Å²) in [5.41, 5.74) is 0. The van der Waals surface area contributed by atoms with Gasteiger partial charge in [0.25, 0.3) is 0 Å². The molecule has 0 saturated carbocycles. The van der Waals surface area contributed by atoms with Crippen LogP contribution in [0.1, 0.15) is 13.3 Å². The Kier molecular flexibility index (Phi) is 1.49. The minimum Gasteiger partial charge on any atom is -0.324 e. The van der Waals surface area contributed by atoms with Crippen molar-refractivity contribution in [3.8, 4) is 0 Å². The second kappa shape index (κ2) is 1.88. The molecular formula is C6H13OP. The van der Waals surface area contributed by atoms with Gasteiger partial charge in [-0.3, -0.25) is 0 Å². The molecule has 0 aromatic carbocycles. The van der Waals surface area contributed by atoms with E-state index >= 15 is 0 Å². The van der Waals surface area contributed by atoms with Crippen molar-refractivity contribution in [3.63, 3.8) is 0 Å². The van der Waals surface area contributed by atoms with E-state index in [2.05, 4.69) is 6.92 Å². The molecule has 0 N–H and O–H groups in total. The molecule has 2 heteroatoms. The molecule has 0 spiro atoms. The molecule has 1 aliphatic rings. The maximum absolute atomic E-state index is 11.2. The summed E-state index contributed by atoms with van der Waals surface area (Å²) in [7, 11) is -1.60. The molecule has 1 heterocycles. The molecule has 1 aliphatic heterocycles. The largest absolute Gasteiger partial charge is 0.324 e. The van der Waals surface area contributed by atoms with Crippen molar-refractivity contribution in [2.24, 2.45) is 5.92 Å². The summed E-state index contributed by atoms with van der Waals surface area (Å²) in [5.74, 6) is 0.728. The molecule has 1 nitrogen and oxygen atoms in total. The summed E-state index contributed by atoms with van der Waals surface area (Å²) in [6, 6.07) is 0. The van der Waals surface area contributed by atoms with Gasteiger partial charge in [0.05, 0.1) is 7.14 Å². The lowest BCUT2D eigenvalue weighted by Crippen LogP contribution is -1.87. The van der Waals surface area contributed by atoms with Gasteiger partial charge < -0.3 is 4.57 Å². The van der Waals surface area contributed by atoms with Crippen molar-refractivity contribution in [1.29, 1.82) is 0 Å². The number of hydrogen-bond acceptors (Lipinski definition) is 1. The van der Waals surface area contributed by atoms with Crippen LogP contribution in [0.25, 0.3) is 0 Å². The first-order valence-electron chi connectivity index (χ1n) is 3.16. The van der Waals surface area contributed by atoms with Gasteiger partial charge in [-0.2, -0.15) is 0 Å². The van der Waals surface area contributed by atoms with Gasteiger partial charge in [-0.25, -0.2) is 0 Å². The van der Waals surface area contributed by atoms with Gasteiger partial charge in [0.15, 0.2) is 0 Å². The Morgan fingerprint density at radius 2 is 2.25 bits per heavy atom. The van der Waals surface area contributed by atoms with Crippen LogP contribution >= 0.6 is 7.14 Å². The monoisotopic (exact) mass is 132 g/mol. The second-order valence-electron chi connectivity index (χ2n) is 3.10. The Bertz CT molecular complexity index is 130. The summed E-state index contributed by atoms with van der Waals surface area (Å²) >= 11 is 0. The molecule has 1 saturated heterocycles. The molecule has 0 aliphatic carbocycles. The van der Waals surface area contributed by atoms with Gasteiger partial charge in [-0.05, 0) is 19.0 Å². The Balaban J connectivity index is 2.57. The van der Waals surface area contributed by atoms with E-state index in [1.54, 1.807) is 0 Å². The maximum atomic E-state index is 11.2. The summed E-state index contributed by atoms with van der Waals surface area (Å²) in [6.45, 7) is 4.11. The molecule has 0 bridgehead atoms. The summed E-state index contributed by atoms with van der Waals surface area (Å²) in [5, 5.41) is 0. The lowest BCUT2D eigenvalue weighted by Gasteiger charge is -1.99. The van der Waals surface area contributed by atoms with E-state index in [9.17, 15) is 4.57 Å². The summed E-state index contributed by atoms with van der Waals surface area (Å²) < 4.78 is 11.2. The van der Waals surface area contributed by atoms with E-state index < -0.39 is 7.14 Å². The van der Waals surface area contributed by atoms with Gasteiger partial charge >= 0.3 is 0 Å². The third-order valence-corrected chi connectivity index (χ3v) is 4.39.